The molecule has 0 aliphatic carbocycles. The number of rotatable bonds is 11. The van der Waals surface area contributed by atoms with Gasteiger partial charge in [-0.05, 0) is 63.0 Å². The number of amides is 2. The summed E-state index contributed by atoms with van der Waals surface area (Å²) in [5.74, 6) is -1.44. The van der Waals surface area contributed by atoms with E-state index < -0.39 is 29.8 Å². The monoisotopic (exact) mass is 605 g/mol. The van der Waals surface area contributed by atoms with Crippen LogP contribution in [-0.2, 0) is 16.0 Å². The van der Waals surface area contributed by atoms with E-state index in [0.29, 0.717) is 36.8 Å². The summed E-state index contributed by atoms with van der Waals surface area (Å²) >= 11 is 0. The fraction of sp³-hybridized carbons (Fsp3) is 0.344. The van der Waals surface area contributed by atoms with E-state index in [1.807, 2.05) is 63.5 Å². The highest BCUT2D eigenvalue weighted by Crippen LogP contribution is 2.32. The number of carbonyl (C=O) groups excluding carboxylic acids is 1. The van der Waals surface area contributed by atoms with Gasteiger partial charge in [0.25, 0.3) is 0 Å². The van der Waals surface area contributed by atoms with Crippen LogP contribution >= 0.6 is 0 Å². The smallest absolute Gasteiger partial charge is 0.320 e. The van der Waals surface area contributed by atoms with Gasteiger partial charge in [0.05, 0.1) is 24.0 Å². The molecule has 2 atom stereocenters. The number of carbonyl (C=O) groups is 1. The van der Waals surface area contributed by atoms with Crippen molar-refractivity contribution in [2.45, 2.75) is 25.5 Å². The second kappa shape index (κ2) is 14.0. The predicted molar refractivity (Wildman–Crippen MR) is 163 cm³/mol. The Bertz CT molecular complexity index is 1580. The summed E-state index contributed by atoms with van der Waals surface area (Å²) in [6.45, 7) is 3.91. The Labute approximate surface area is 255 Å². The lowest BCUT2D eigenvalue weighted by Crippen LogP contribution is -2.42. The average molecular weight is 606 g/mol. The molecule has 2 N–H and O–H groups in total. The van der Waals surface area contributed by atoms with Crippen molar-refractivity contribution in [1.29, 1.82) is 0 Å². The largest absolute Gasteiger partial charge is 0.383 e. The molecule has 44 heavy (non-hydrogen) atoms. The van der Waals surface area contributed by atoms with Crippen molar-refractivity contribution in [3.05, 3.63) is 95.3 Å². The maximum atomic E-state index is 14.1. The van der Waals surface area contributed by atoms with Gasteiger partial charge in [0.2, 0.25) is 0 Å². The van der Waals surface area contributed by atoms with Gasteiger partial charge in [-0.1, -0.05) is 24.3 Å². The number of aromatic nitrogens is 3. The number of benzene rings is 2. The van der Waals surface area contributed by atoms with Crippen LogP contribution in [0.1, 0.15) is 22.9 Å². The molecule has 2 aromatic heterocycles. The highest BCUT2D eigenvalue weighted by molar-refractivity contribution is 5.91. The van der Waals surface area contributed by atoms with E-state index >= 15 is 0 Å². The van der Waals surface area contributed by atoms with Crippen LogP contribution in [0.2, 0.25) is 0 Å². The lowest BCUT2D eigenvalue weighted by atomic mass is 10.0. The standard InChI is InChI=1S/C32H37F2N7O3/c1-21-29(22-12-14-35-24(18-22)13-15-39(2)3)38-41(25-8-6-5-7-9-25)31(21)37-32(42)36-28-20-40(16-17-43-4)44-30(28)23-10-11-26(33)27(34)19-23/h5-12,14,18-19,28,30H,13,15-17,20H2,1-4H3,(H2,36,37,42)/t28-,30+/m1/s1. The number of para-hydroxylation sites is 1. The fourth-order valence-electron chi connectivity index (χ4n) is 5.12. The summed E-state index contributed by atoms with van der Waals surface area (Å²) in [5, 5.41) is 12.5. The Morgan fingerprint density at radius 3 is 2.64 bits per heavy atom. The molecule has 5 rings (SSSR count). The minimum absolute atomic E-state index is 0.315. The van der Waals surface area contributed by atoms with Crippen molar-refractivity contribution >= 4 is 11.8 Å². The SMILES string of the molecule is COCCN1C[C@@H](NC(=O)Nc2c(C)c(-c3ccnc(CCN(C)C)c3)nn2-c2ccccc2)[C@H](c2ccc(F)c(F)c2)O1. The lowest BCUT2D eigenvalue weighted by molar-refractivity contribution is -0.154. The van der Waals surface area contributed by atoms with E-state index in [1.54, 1.807) is 23.1 Å². The molecule has 1 fully saturated rings. The Morgan fingerprint density at radius 1 is 1.11 bits per heavy atom. The number of anilines is 1. The topological polar surface area (TPSA) is 96.8 Å². The lowest BCUT2D eigenvalue weighted by Gasteiger charge is -2.20. The first kappa shape index (κ1) is 31.2. The van der Waals surface area contributed by atoms with E-state index in [4.69, 9.17) is 14.7 Å². The summed E-state index contributed by atoms with van der Waals surface area (Å²) in [6, 6.07) is 16.0. The minimum Gasteiger partial charge on any atom is -0.383 e. The second-order valence-corrected chi connectivity index (χ2v) is 10.9. The van der Waals surface area contributed by atoms with Crippen molar-refractivity contribution in [1.82, 2.24) is 30.0 Å². The van der Waals surface area contributed by atoms with Crippen molar-refractivity contribution in [3.63, 3.8) is 0 Å². The molecule has 0 saturated carbocycles. The Kier molecular flexibility index (Phi) is 9.95. The van der Waals surface area contributed by atoms with Crippen LogP contribution in [-0.4, -0.2) is 84.2 Å². The summed E-state index contributed by atoms with van der Waals surface area (Å²) < 4.78 is 34.7. The second-order valence-electron chi connectivity index (χ2n) is 10.9. The van der Waals surface area contributed by atoms with Gasteiger partial charge in [0.15, 0.2) is 11.6 Å². The Morgan fingerprint density at radius 2 is 1.91 bits per heavy atom. The molecule has 2 amide bonds. The van der Waals surface area contributed by atoms with Gasteiger partial charge in [-0.25, -0.2) is 18.3 Å². The summed E-state index contributed by atoms with van der Waals surface area (Å²) in [5.41, 5.74) is 4.50. The molecule has 232 valence electrons. The van der Waals surface area contributed by atoms with Crippen molar-refractivity contribution < 1.29 is 23.1 Å². The van der Waals surface area contributed by atoms with Crippen molar-refractivity contribution in [3.8, 4) is 16.9 Å². The number of hydrogen-bond donors (Lipinski definition) is 2. The van der Waals surface area contributed by atoms with Crippen LogP contribution in [0.3, 0.4) is 0 Å². The number of hydroxylamine groups is 2. The number of likely N-dealkylation sites (N-methyl/N-ethyl adjacent to an activating group) is 1. The molecule has 1 saturated heterocycles. The van der Waals surface area contributed by atoms with Crippen molar-refractivity contribution in [2.24, 2.45) is 0 Å². The zero-order valence-electron chi connectivity index (χ0n) is 25.3. The highest BCUT2D eigenvalue weighted by atomic mass is 19.2. The Hall–Kier alpha value is -4.23. The van der Waals surface area contributed by atoms with E-state index in [2.05, 4.69) is 20.5 Å². The zero-order valence-corrected chi connectivity index (χ0v) is 25.3. The third-order valence-corrected chi connectivity index (χ3v) is 7.42. The molecule has 0 radical (unpaired) electrons. The third kappa shape index (κ3) is 7.28. The highest BCUT2D eigenvalue weighted by Gasteiger charge is 2.37. The van der Waals surface area contributed by atoms with Crippen LogP contribution < -0.4 is 10.6 Å². The first-order valence-corrected chi connectivity index (χ1v) is 14.4. The van der Waals surface area contributed by atoms with E-state index in [-0.39, 0.29) is 0 Å². The number of urea groups is 1. The Balaban J connectivity index is 1.42. The first-order valence-electron chi connectivity index (χ1n) is 14.4. The minimum atomic E-state index is -0.986. The summed E-state index contributed by atoms with van der Waals surface area (Å²) in [6.07, 6.45) is 1.83. The van der Waals surface area contributed by atoms with Crippen LogP contribution in [0.5, 0.6) is 0 Å². The third-order valence-electron chi connectivity index (χ3n) is 7.42. The molecule has 2 aromatic carbocycles. The number of nitrogens with one attached hydrogen (secondary N) is 2. The van der Waals surface area contributed by atoms with Crippen LogP contribution in [0.15, 0.2) is 66.9 Å². The fourth-order valence-corrected chi connectivity index (χ4v) is 5.12. The van der Waals surface area contributed by atoms with Gasteiger partial charge >= 0.3 is 6.03 Å². The zero-order chi connectivity index (χ0) is 31.2. The van der Waals surface area contributed by atoms with Gasteiger partial charge in [0.1, 0.15) is 11.9 Å². The van der Waals surface area contributed by atoms with E-state index in [9.17, 15) is 13.6 Å². The van der Waals surface area contributed by atoms with E-state index in [0.717, 1.165) is 47.6 Å². The molecule has 3 heterocycles. The summed E-state index contributed by atoms with van der Waals surface area (Å²) in [4.78, 5) is 26.2. The number of nitrogens with zero attached hydrogens (tertiary/aromatic N) is 5. The predicted octanol–water partition coefficient (Wildman–Crippen LogP) is 4.75. The summed E-state index contributed by atoms with van der Waals surface area (Å²) in [7, 11) is 5.62. The molecule has 10 nitrogen and oxygen atoms in total. The van der Waals surface area contributed by atoms with Crippen LogP contribution in [0, 0.1) is 18.6 Å². The molecule has 1 aliphatic heterocycles. The molecule has 0 spiro atoms. The van der Waals surface area contributed by atoms with Crippen molar-refractivity contribution in [2.75, 3.05) is 52.8 Å². The number of pyridine rings is 1. The quantitative estimate of drug-likeness (QED) is 0.255. The average Bonchev–Trinajstić information content (AvgIpc) is 3.57. The molecule has 1 aliphatic rings. The molecular weight excluding hydrogens is 568 g/mol. The van der Waals surface area contributed by atoms with Crippen LogP contribution in [0.4, 0.5) is 19.4 Å². The molecule has 12 heteroatoms. The van der Waals surface area contributed by atoms with E-state index in [1.165, 1.54) is 6.07 Å². The van der Waals surface area contributed by atoms with Gasteiger partial charge in [-0.15, -0.1) is 0 Å². The van der Waals surface area contributed by atoms with Gasteiger partial charge < -0.3 is 15.0 Å². The molecular formula is C32H37F2N7O3. The van der Waals surface area contributed by atoms with Gasteiger partial charge in [0, 0.05) is 56.2 Å². The number of ether oxygens (including phenoxy) is 1. The van der Waals surface area contributed by atoms with Gasteiger partial charge in [-0.3, -0.25) is 15.1 Å². The maximum absolute atomic E-state index is 14.1. The van der Waals surface area contributed by atoms with Gasteiger partial charge in [-0.2, -0.15) is 10.2 Å². The van der Waals surface area contributed by atoms with Crippen LogP contribution in [0.25, 0.3) is 16.9 Å². The number of halogens is 2. The number of methoxy groups -OCH3 is 1. The number of hydrogen-bond acceptors (Lipinski definition) is 7. The normalized spacial score (nSPS) is 16.9. The first-order chi connectivity index (χ1) is 21.2. The molecule has 0 bridgehead atoms. The molecule has 4 aromatic rings. The molecule has 0 unspecified atom stereocenters. The maximum Gasteiger partial charge on any atom is 0.320 e.